The van der Waals surface area contributed by atoms with Gasteiger partial charge in [-0.2, -0.15) is 0 Å². The van der Waals surface area contributed by atoms with E-state index in [1.165, 1.54) is 14.0 Å². The summed E-state index contributed by atoms with van der Waals surface area (Å²) in [5.74, 6) is -0.965. The number of hydrogen-bond donors (Lipinski definition) is 2. The third kappa shape index (κ3) is 3.42. The molecule has 0 heterocycles. The molecule has 0 amide bonds. The summed E-state index contributed by atoms with van der Waals surface area (Å²) in [6.07, 6.45) is -1.49. The van der Waals surface area contributed by atoms with Crippen molar-refractivity contribution in [2.45, 2.75) is 25.6 Å². The van der Waals surface area contributed by atoms with Crippen LogP contribution in [0, 0.1) is 0 Å². The number of aliphatic hydroxyl groups is 1. The topological polar surface area (TPSA) is 66.8 Å². The van der Waals surface area contributed by atoms with Crippen LogP contribution in [0.1, 0.15) is 13.3 Å². The maximum Gasteiger partial charge on any atom is 0.306 e. The third-order valence-corrected chi connectivity index (χ3v) is 1.22. The van der Waals surface area contributed by atoms with Gasteiger partial charge in [0, 0.05) is 7.11 Å². The zero-order valence-electron chi connectivity index (χ0n) is 6.07. The standard InChI is InChI=1S/C6H12O4/c1-4(7)5(10-2)3-6(8)9/h4-5,7H,3H2,1-2H3,(H,8,9). The van der Waals surface area contributed by atoms with Gasteiger partial charge in [-0.25, -0.2) is 0 Å². The number of carboxylic acid groups (broad SMARTS) is 1. The maximum absolute atomic E-state index is 10.1. The molecule has 0 bridgehead atoms. The van der Waals surface area contributed by atoms with Crippen LogP contribution in [-0.2, 0) is 9.53 Å². The Kier molecular flexibility index (Phi) is 3.99. The highest BCUT2D eigenvalue weighted by atomic mass is 16.5. The summed E-state index contributed by atoms with van der Waals surface area (Å²) >= 11 is 0. The summed E-state index contributed by atoms with van der Waals surface area (Å²) in [4.78, 5) is 10.1. The first-order valence-corrected chi connectivity index (χ1v) is 3.00. The van der Waals surface area contributed by atoms with E-state index < -0.39 is 18.2 Å². The fourth-order valence-corrected chi connectivity index (χ4v) is 0.623. The molecule has 0 aromatic heterocycles. The average Bonchev–Trinajstić information content (AvgIpc) is 1.81. The number of methoxy groups -OCH3 is 1. The lowest BCUT2D eigenvalue weighted by Gasteiger charge is -2.15. The van der Waals surface area contributed by atoms with E-state index in [0.29, 0.717) is 0 Å². The number of carboxylic acids is 1. The van der Waals surface area contributed by atoms with Crippen LogP contribution in [0.4, 0.5) is 0 Å². The fraction of sp³-hybridized carbons (Fsp3) is 0.833. The second kappa shape index (κ2) is 4.24. The molecule has 0 aliphatic heterocycles. The highest BCUT2D eigenvalue weighted by Gasteiger charge is 2.16. The predicted molar refractivity (Wildman–Crippen MR) is 34.7 cm³/mol. The summed E-state index contributed by atoms with van der Waals surface area (Å²) in [6, 6.07) is 0. The third-order valence-electron chi connectivity index (χ3n) is 1.22. The van der Waals surface area contributed by atoms with E-state index in [-0.39, 0.29) is 6.42 Å². The van der Waals surface area contributed by atoms with E-state index in [2.05, 4.69) is 0 Å². The van der Waals surface area contributed by atoms with Crippen LogP contribution in [0.3, 0.4) is 0 Å². The molecule has 0 saturated carbocycles. The van der Waals surface area contributed by atoms with Gasteiger partial charge in [0.15, 0.2) is 0 Å². The molecule has 0 rings (SSSR count). The van der Waals surface area contributed by atoms with E-state index in [0.717, 1.165) is 0 Å². The molecule has 2 unspecified atom stereocenters. The largest absolute Gasteiger partial charge is 0.481 e. The second-order valence-electron chi connectivity index (χ2n) is 2.11. The predicted octanol–water partition coefficient (Wildman–Crippen LogP) is -0.143. The van der Waals surface area contributed by atoms with Crippen LogP contribution < -0.4 is 0 Å². The number of aliphatic hydroxyl groups excluding tert-OH is 1. The van der Waals surface area contributed by atoms with Gasteiger partial charge in [-0.05, 0) is 6.92 Å². The van der Waals surface area contributed by atoms with Crippen LogP contribution in [0.15, 0.2) is 0 Å². The number of aliphatic carboxylic acids is 1. The SMILES string of the molecule is COC(CC(=O)O)C(C)O. The van der Waals surface area contributed by atoms with Gasteiger partial charge in [-0.15, -0.1) is 0 Å². The van der Waals surface area contributed by atoms with Crippen molar-refractivity contribution in [2.24, 2.45) is 0 Å². The molecule has 60 valence electrons. The molecule has 0 fully saturated rings. The molecule has 2 N–H and O–H groups in total. The minimum Gasteiger partial charge on any atom is -0.481 e. The van der Waals surface area contributed by atoms with Crippen molar-refractivity contribution in [1.82, 2.24) is 0 Å². The normalized spacial score (nSPS) is 16.3. The average molecular weight is 148 g/mol. The monoisotopic (exact) mass is 148 g/mol. The van der Waals surface area contributed by atoms with E-state index in [4.69, 9.17) is 14.9 Å². The van der Waals surface area contributed by atoms with Gasteiger partial charge >= 0.3 is 5.97 Å². The van der Waals surface area contributed by atoms with E-state index in [1.807, 2.05) is 0 Å². The van der Waals surface area contributed by atoms with Gasteiger partial charge in [0.25, 0.3) is 0 Å². The van der Waals surface area contributed by atoms with Crippen LogP contribution in [0.25, 0.3) is 0 Å². The summed E-state index contributed by atoms with van der Waals surface area (Å²) < 4.78 is 4.69. The molecule has 4 nitrogen and oxygen atoms in total. The Hall–Kier alpha value is -0.610. The highest BCUT2D eigenvalue weighted by Crippen LogP contribution is 2.02. The van der Waals surface area contributed by atoms with Crippen LogP contribution in [0.2, 0.25) is 0 Å². The van der Waals surface area contributed by atoms with Crippen molar-refractivity contribution in [3.8, 4) is 0 Å². The maximum atomic E-state index is 10.1. The van der Waals surface area contributed by atoms with Gasteiger partial charge in [0.1, 0.15) is 0 Å². The van der Waals surface area contributed by atoms with Crippen LogP contribution in [-0.4, -0.2) is 35.5 Å². The van der Waals surface area contributed by atoms with Crippen LogP contribution >= 0.6 is 0 Å². The molecule has 0 aromatic rings. The van der Waals surface area contributed by atoms with E-state index >= 15 is 0 Å². The lowest BCUT2D eigenvalue weighted by atomic mass is 10.2. The second-order valence-corrected chi connectivity index (χ2v) is 2.11. The Morgan fingerprint density at radius 2 is 2.20 bits per heavy atom. The molecule has 2 atom stereocenters. The number of rotatable bonds is 4. The van der Waals surface area contributed by atoms with Gasteiger partial charge in [0.05, 0.1) is 18.6 Å². The van der Waals surface area contributed by atoms with Crippen LogP contribution in [0.5, 0.6) is 0 Å². The molecular weight excluding hydrogens is 136 g/mol. The smallest absolute Gasteiger partial charge is 0.306 e. The fourth-order valence-electron chi connectivity index (χ4n) is 0.623. The quantitative estimate of drug-likeness (QED) is 0.582. The van der Waals surface area contributed by atoms with Gasteiger partial charge in [0.2, 0.25) is 0 Å². The molecule has 4 heteroatoms. The highest BCUT2D eigenvalue weighted by molar-refractivity contribution is 5.67. The molecule has 0 aliphatic carbocycles. The van der Waals surface area contributed by atoms with Crippen molar-refractivity contribution in [3.63, 3.8) is 0 Å². The summed E-state index contributed by atoms with van der Waals surface area (Å²) in [5, 5.41) is 17.1. The Morgan fingerprint density at radius 3 is 2.30 bits per heavy atom. The van der Waals surface area contributed by atoms with Crippen molar-refractivity contribution >= 4 is 5.97 Å². The molecular formula is C6H12O4. The molecule has 0 spiro atoms. The number of hydrogen-bond acceptors (Lipinski definition) is 3. The van der Waals surface area contributed by atoms with Crippen molar-refractivity contribution < 1.29 is 19.7 Å². The molecule has 0 radical (unpaired) electrons. The summed E-state index contributed by atoms with van der Waals surface area (Å²) in [7, 11) is 1.38. The molecule has 0 aromatic carbocycles. The first-order chi connectivity index (χ1) is 4.57. The first-order valence-electron chi connectivity index (χ1n) is 3.00. The first kappa shape index (κ1) is 9.39. The van der Waals surface area contributed by atoms with Gasteiger partial charge in [-0.3, -0.25) is 4.79 Å². The molecule has 10 heavy (non-hydrogen) atoms. The number of ether oxygens (including phenoxy) is 1. The minimum absolute atomic E-state index is 0.159. The summed E-state index contributed by atoms with van der Waals surface area (Å²) in [6.45, 7) is 1.50. The Balaban J connectivity index is 3.71. The summed E-state index contributed by atoms with van der Waals surface area (Å²) in [5.41, 5.74) is 0. The Bertz CT molecular complexity index is 110. The van der Waals surface area contributed by atoms with Gasteiger partial charge in [-0.1, -0.05) is 0 Å². The van der Waals surface area contributed by atoms with E-state index in [9.17, 15) is 4.79 Å². The molecule has 0 saturated heterocycles. The van der Waals surface area contributed by atoms with E-state index in [1.54, 1.807) is 0 Å². The minimum atomic E-state index is -0.965. The number of carbonyl (C=O) groups is 1. The van der Waals surface area contributed by atoms with Crippen molar-refractivity contribution in [2.75, 3.05) is 7.11 Å². The lowest BCUT2D eigenvalue weighted by Crippen LogP contribution is -2.27. The van der Waals surface area contributed by atoms with Gasteiger partial charge < -0.3 is 14.9 Å². The zero-order valence-corrected chi connectivity index (χ0v) is 6.07. The Morgan fingerprint density at radius 1 is 1.70 bits per heavy atom. The lowest BCUT2D eigenvalue weighted by molar-refractivity contribution is -0.141. The molecule has 0 aliphatic rings. The Labute approximate surface area is 59.4 Å². The van der Waals surface area contributed by atoms with Crippen molar-refractivity contribution in [1.29, 1.82) is 0 Å². The zero-order chi connectivity index (χ0) is 8.15. The van der Waals surface area contributed by atoms with Crippen molar-refractivity contribution in [3.05, 3.63) is 0 Å².